The number of benzene rings is 3. The highest BCUT2D eigenvalue weighted by atomic mass is 35.5. The topological polar surface area (TPSA) is 46.2 Å². The summed E-state index contributed by atoms with van der Waals surface area (Å²) in [5.74, 6) is 0. The number of rotatable bonds is 4. The zero-order chi connectivity index (χ0) is 17.2. The maximum atomic E-state index is 12.5. The van der Waals surface area contributed by atoms with Gasteiger partial charge in [-0.1, -0.05) is 60.1 Å². The van der Waals surface area contributed by atoms with Crippen molar-refractivity contribution in [3.8, 4) is 11.1 Å². The minimum atomic E-state index is -3.65. The predicted octanol–water partition coefficient (Wildman–Crippen LogP) is 5.12. The largest absolute Gasteiger partial charge is 0.280 e. The van der Waals surface area contributed by atoms with Gasteiger partial charge in [0, 0.05) is 5.02 Å². The van der Waals surface area contributed by atoms with E-state index in [0.717, 1.165) is 16.7 Å². The normalized spacial score (nSPS) is 11.2. The van der Waals surface area contributed by atoms with Crippen molar-refractivity contribution < 1.29 is 8.42 Å². The third kappa shape index (κ3) is 3.61. The third-order valence-corrected chi connectivity index (χ3v) is 5.50. The van der Waals surface area contributed by atoms with Gasteiger partial charge in [0.25, 0.3) is 10.0 Å². The monoisotopic (exact) mass is 357 g/mol. The molecule has 0 unspecified atom stereocenters. The molecular weight excluding hydrogens is 342 g/mol. The highest BCUT2D eigenvalue weighted by Crippen LogP contribution is 2.24. The fourth-order valence-electron chi connectivity index (χ4n) is 2.33. The number of hydrogen-bond acceptors (Lipinski definition) is 2. The highest BCUT2D eigenvalue weighted by molar-refractivity contribution is 7.92. The summed E-state index contributed by atoms with van der Waals surface area (Å²) in [4.78, 5) is 0.207. The van der Waals surface area contributed by atoms with E-state index in [1.807, 2.05) is 37.3 Å². The molecule has 0 saturated heterocycles. The van der Waals surface area contributed by atoms with Crippen molar-refractivity contribution in [2.24, 2.45) is 0 Å². The van der Waals surface area contributed by atoms with Gasteiger partial charge in [-0.05, 0) is 47.9 Å². The molecule has 0 aromatic heterocycles. The van der Waals surface area contributed by atoms with Crippen LogP contribution >= 0.6 is 11.6 Å². The molecule has 0 aliphatic carbocycles. The Labute approximate surface area is 147 Å². The fraction of sp³-hybridized carbons (Fsp3) is 0.0526. The van der Waals surface area contributed by atoms with E-state index in [2.05, 4.69) is 4.72 Å². The van der Waals surface area contributed by atoms with Crippen LogP contribution in [0.5, 0.6) is 0 Å². The molecular formula is C19H16ClNO2S. The Morgan fingerprint density at radius 2 is 1.46 bits per heavy atom. The number of hydrogen-bond donors (Lipinski definition) is 1. The molecule has 0 aliphatic heterocycles. The molecule has 0 radical (unpaired) electrons. The van der Waals surface area contributed by atoms with Crippen LogP contribution in [0.4, 0.5) is 5.69 Å². The summed E-state index contributed by atoms with van der Waals surface area (Å²) in [7, 11) is -3.65. The lowest BCUT2D eigenvalue weighted by Gasteiger charge is -2.10. The second-order valence-electron chi connectivity index (χ2n) is 5.46. The van der Waals surface area contributed by atoms with Crippen LogP contribution in [0.25, 0.3) is 11.1 Å². The molecule has 0 aliphatic rings. The van der Waals surface area contributed by atoms with Crippen LogP contribution in [-0.2, 0) is 10.0 Å². The molecule has 0 saturated carbocycles. The lowest BCUT2D eigenvalue weighted by Crippen LogP contribution is -2.12. The van der Waals surface area contributed by atoms with Crippen molar-refractivity contribution in [1.82, 2.24) is 0 Å². The first kappa shape index (κ1) is 16.6. The zero-order valence-electron chi connectivity index (χ0n) is 13.0. The van der Waals surface area contributed by atoms with Gasteiger partial charge in [-0.2, -0.15) is 0 Å². The number of nitrogens with one attached hydrogen (secondary N) is 1. The Kier molecular flexibility index (Phi) is 4.60. The molecule has 0 spiro atoms. The fourth-order valence-corrected chi connectivity index (χ4v) is 3.56. The number of aryl methyl sites for hydroxylation is 1. The van der Waals surface area contributed by atoms with Crippen molar-refractivity contribution in [2.45, 2.75) is 11.8 Å². The molecule has 3 aromatic carbocycles. The minimum Gasteiger partial charge on any atom is -0.280 e. The average Bonchev–Trinajstić information content (AvgIpc) is 2.59. The lowest BCUT2D eigenvalue weighted by atomic mass is 10.1. The van der Waals surface area contributed by atoms with E-state index in [1.165, 1.54) is 0 Å². The minimum absolute atomic E-state index is 0.207. The smallest absolute Gasteiger partial charge is 0.261 e. The van der Waals surface area contributed by atoms with Crippen LogP contribution in [0.2, 0.25) is 5.02 Å². The molecule has 3 nitrogen and oxygen atoms in total. The molecule has 0 bridgehead atoms. The van der Waals surface area contributed by atoms with Gasteiger partial charge in [-0.25, -0.2) is 8.42 Å². The third-order valence-electron chi connectivity index (χ3n) is 3.70. The van der Waals surface area contributed by atoms with E-state index in [0.29, 0.717) is 10.7 Å². The van der Waals surface area contributed by atoms with Gasteiger partial charge in [0.2, 0.25) is 0 Å². The average molecular weight is 358 g/mol. The zero-order valence-corrected chi connectivity index (χ0v) is 14.6. The summed E-state index contributed by atoms with van der Waals surface area (Å²) in [6.45, 7) is 1.86. The first-order valence-corrected chi connectivity index (χ1v) is 9.26. The van der Waals surface area contributed by atoms with E-state index >= 15 is 0 Å². The van der Waals surface area contributed by atoms with Gasteiger partial charge in [0.1, 0.15) is 0 Å². The Morgan fingerprint density at radius 1 is 0.833 bits per heavy atom. The van der Waals surface area contributed by atoms with Crippen LogP contribution in [0, 0.1) is 6.92 Å². The van der Waals surface area contributed by atoms with Gasteiger partial charge in [-0.3, -0.25) is 4.72 Å². The Morgan fingerprint density at radius 3 is 2.08 bits per heavy atom. The SMILES string of the molecule is Cc1ccc(NS(=O)(=O)c2ccc(-c3ccccc3)cc2)cc1Cl. The molecule has 3 aromatic rings. The number of sulfonamides is 1. The van der Waals surface area contributed by atoms with Crippen LogP contribution in [-0.4, -0.2) is 8.42 Å². The highest BCUT2D eigenvalue weighted by Gasteiger charge is 2.14. The van der Waals surface area contributed by atoms with Crippen LogP contribution < -0.4 is 4.72 Å². The molecule has 3 rings (SSSR count). The van der Waals surface area contributed by atoms with Gasteiger partial charge in [0.15, 0.2) is 0 Å². The number of anilines is 1. The van der Waals surface area contributed by atoms with Crippen LogP contribution in [0.15, 0.2) is 77.7 Å². The van der Waals surface area contributed by atoms with Crippen molar-refractivity contribution in [1.29, 1.82) is 0 Å². The quantitative estimate of drug-likeness (QED) is 0.704. The summed E-state index contributed by atoms with van der Waals surface area (Å²) in [5, 5.41) is 0.523. The van der Waals surface area contributed by atoms with Gasteiger partial charge in [-0.15, -0.1) is 0 Å². The summed E-state index contributed by atoms with van der Waals surface area (Å²) in [6, 6.07) is 21.7. The van der Waals surface area contributed by atoms with E-state index in [1.54, 1.807) is 42.5 Å². The molecule has 0 atom stereocenters. The van der Waals surface area contributed by atoms with Crippen LogP contribution in [0.1, 0.15) is 5.56 Å². The molecule has 0 amide bonds. The molecule has 24 heavy (non-hydrogen) atoms. The van der Waals surface area contributed by atoms with Crippen molar-refractivity contribution in [3.63, 3.8) is 0 Å². The Hall–Kier alpha value is -2.30. The maximum absolute atomic E-state index is 12.5. The van der Waals surface area contributed by atoms with E-state index in [4.69, 9.17) is 11.6 Å². The Balaban J connectivity index is 1.86. The van der Waals surface area contributed by atoms with E-state index in [-0.39, 0.29) is 4.90 Å². The predicted molar refractivity (Wildman–Crippen MR) is 98.9 cm³/mol. The van der Waals surface area contributed by atoms with Gasteiger partial charge >= 0.3 is 0 Å². The number of halogens is 1. The maximum Gasteiger partial charge on any atom is 0.261 e. The van der Waals surface area contributed by atoms with E-state index < -0.39 is 10.0 Å². The second kappa shape index (κ2) is 6.67. The summed E-state index contributed by atoms with van der Waals surface area (Å²) >= 11 is 6.04. The molecule has 0 fully saturated rings. The second-order valence-corrected chi connectivity index (χ2v) is 7.55. The summed E-state index contributed by atoms with van der Waals surface area (Å²) in [6.07, 6.45) is 0. The standard InChI is InChI=1S/C19H16ClNO2S/c1-14-7-10-17(13-19(14)20)21-24(22,23)18-11-8-16(9-12-18)15-5-3-2-4-6-15/h2-13,21H,1H3. The van der Waals surface area contributed by atoms with Crippen molar-refractivity contribution in [3.05, 3.63) is 83.4 Å². The van der Waals surface area contributed by atoms with Crippen molar-refractivity contribution in [2.75, 3.05) is 4.72 Å². The lowest BCUT2D eigenvalue weighted by molar-refractivity contribution is 0.601. The summed E-state index contributed by atoms with van der Waals surface area (Å²) in [5.41, 5.74) is 3.34. The summed E-state index contributed by atoms with van der Waals surface area (Å²) < 4.78 is 27.5. The van der Waals surface area contributed by atoms with E-state index in [9.17, 15) is 8.42 Å². The van der Waals surface area contributed by atoms with Crippen LogP contribution in [0.3, 0.4) is 0 Å². The molecule has 1 N–H and O–H groups in total. The first-order valence-electron chi connectivity index (χ1n) is 7.40. The Bertz CT molecular complexity index is 952. The molecule has 5 heteroatoms. The van der Waals surface area contributed by atoms with Crippen molar-refractivity contribution >= 4 is 27.3 Å². The molecule has 122 valence electrons. The van der Waals surface area contributed by atoms with Gasteiger partial charge < -0.3 is 0 Å². The first-order chi connectivity index (χ1) is 11.5. The molecule has 0 heterocycles. The van der Waals surface area contributed by atoms with Gasteiger partial charge in [0.05, 0.1) is 10.6 Å².